The fourth-order valence-electron chi connectivity index (χ4n) is 1.78. The third-order valence-electron chi connectivity index (χ3n) is 2.24. The predicted octanol–water partition coefficient (Wildman–Crippen LogP) is 0.758. The van der Waals surface area contributed by atoms with Gasteiger partial charge in [-0.15, -0.1) is 0 Å². The molecule has 0 unspecified atom stereocenters. The molecule has 1 saturated carbocycles. The van der Waals surface area contributed by atoms with E-state index in [4.69, 9.17) is 0 Å². The monoisotopic (exact) mass is 97.1 g/mol. The van der Waals surface area contributed by atoms with Crippen LogP contribution in [-0.4, -0.2) is 12.6 Å². The maximum Gasteiger partial charge on any atom is 0.00704 e. The number of fused-ring (bicyclic) bond motifs is 2. The van der Waals surface area contributed by atoms with Gasteiger partial charge in [0.05, 0.1) is 0 Å². The SMILES string of the molecule is C1C[C@H]2C[C@H]1CN2. The van der Waals surface area contributed by atoms with Gasteiger partial charge in [0.1, 0.15) is 0 Å². The molecule has 1 aliphatic carbocycles. The van der Waals surface area contributed by atoms with Crippen LogP contribution in [0.3, 0.4) is 0 Å². The highest BCUT2D eigenvalue weighted by Gasteiger charge is 2.30. The van der Waals surface area contributed by atoms with Crippen LogP contribution in [0.4, 0.5) is 0 Å². The summed E-state index contributed by atoms with van der Waals surface area (Å²) in [6.45, 7) is 1.31. The maximum atomic E-state index is 3.46. The van der Waals surface area contributed by atoms with Crippen LogP contribution < -0.4 is 5.32 Å². The molecule has 2 fully saturated rings. The van der Waals surface area contributed by atoms with Gasteiger partial charge in [-0.1, -0.05) is 0 Å². The molecule has 0 spiro atoms. The lowest BCUT2D eigenvalue weighted by molar-refractivity contribution is 0.504. The van der Waals surface area contributed by atoms with Crippen molar-refractivity contribution in [2.45, 2.75) is 25.3 Å². The summed E-state index contributed by atoms with van der Waals surface area (Å²) in [4.78, 5) is 0. The van der Waals surface area contributed by atoms with Crippen molar-refractivity contribution in [3.8, 4) is 0 Å². The summed E-state index contributed by atoms with van der Waals surface area (Å²) < 4.78 is 0. The van der Waals surface area contributed by atoms with E-state index < -0.39 is 0 Å². The van der Waals surface area contributed by atoms with Gasteiger partial charge in [-0.25, -0.2) is 0 Å². The highest BCUT2D eigenvalue weighted by Crippen LogP contribution is 2.29. The molecule has 1 nitrogen and oxygen atoms in total. The van der Waals surface area contributed by atoms with Crippen LogP contribution in [0.2, 0.25) is 0 Å². The standard InChI is InChI=1S/C6H11N/c1-2-6-3-5(1)4-7-6/h5-7H,1-4H2/t5-,6-/m0/s1. The molecule has 0 aromatic rings. The average molecular weight is 97.2 g/mol. The molecular formula is C6H11N. The Balaban J connectivity index is 2.12. The van der Waals surface area contributed by atoms with Crippen LogP contribution in [0.1, 0.15) is 19.3 Å². The van der Waals surface area contributed by atoms with E-state index in [9.17, 15) is 0 Å². The van der Waals surface area contributed by atoms with Crippen LogP contribution in [0.5, 0.6) is 0 Å². The number of hydrogen-bond acceptors (Lipinski definition) is 1. The Kier molecular flexibility index (Phi) is 0.680. The molecular weight excluding hydrogens is 86.1 g/mol. The van der Waals surface area contributed by atoms with Crippen LogP contribution in [0, 0.1) is 5.92 Å². The fraction of sp³-hybridized carbons (Fsp3) is 1.00. The summed E-state index contributed by atoms with van der Waals surface area (Å²) in [7, 11) is 0. The number of rotatable bonds is 0. The smallest absolute Gasteiger partial charge is 0.00704 e. The molecule has 0 aromatic carbocycles. The molecule has 1 heteroatoms. The van der Waals surface area contributed by atoms with E-state index in [0.29, 0.717) is 0 Å². The van der Waals surface area contributed by atoms with E-state index in [-0.39, 0.29) is 0 Å². The van der Waals surface area contributed by atoms with Crippen molar-refractivity contribution >= 4 is 0 Å². The Hall–Kier alpha value is -0.0400. The first-order chi connectivity index (χ1) is 3.45. The third-order valence-corrected chi connectivity index (χ3v) is 2.24. The summed E-state index contributed by atoms with van der Waals surface area (Å²) in [6, 6.07) is 0.921. The molecule has 1 aliphatic heterocycles. The second-order valence-electron chi connectivity index (χ2n) is 2.78. The van der Waals surface area contributed by atoms with Crippen molar-refractivity contribution in [2.24, 2.45) is 5.92 Å². The quantitative estimate of drug-likeness (QED) is 0.470. The largest absolute Gasteiger partial charge is 0.314 e. The van der Waals surface area contributed by atoms with Gasteiger partial charge in [-0.3, -0.25) is 0 Å². The van der Waals surface area contributed by atoms with Gasteiger partial charge >= 0.3 is 0 Å². The van der Waals surface area contributed by atoms with E-state index in [2.05, 4.69) is 5.32 Å². The van der Waals surface area contributed by atoms with E-state index in [1.165, 1.54) is 25.8 Å². The van der Waals surface area contributed by atoms with E-state index in [0.717, 1.165) is 12.0 Å². The van der Waals surface area contributed by atoms with Crippen molar-refractivity contribution in [1.29, 1.82) is 0 Å². The Morgan fingerprint density at radius 1 is 1.29 bits per heavy atom. The van der Waals surface area contributed by atoms with E-state index in [1.807, 2.05) is 0 Å². The summed E-state index contributed by atoms with van der Waals surface area (Å²) >= 11 is 0. The van der Waals surface area contributed by atoms with Gasteiger partial charge < -0.3 is 5.32 Å². The molecule has 0 radical (unpaired) electrons. The molecule has 0 amide bonds. The molecule has 2 rings (SSSR count). The van der Waals surface area contributed by atoms with Crippen LogP contribution in [-0.2, 0) is 0 Å². The Bertz CT molecular complexity index is 62.2. The zero-order valence-corrected chi connectivity index (χ0v) is 4.48. The lowest BCUT2D eigenvalue weighted by atomic mass is 10.1. The predicted molar refractivity (Wildman–Crippen MR) is 29.1 cm³/mol. The molecule has 2 atom stereocenters. The minimum absolute atomic E-state index is 0.921. The Labute approximate surface area is 44.1 Å². The van der Waals surface area contributed by atoms with E-state index >= 15 is 0 Å². The van der Waals surface area contributed by atoms with Crippen molar-refractivity contribution in [1.82, 2.24) is 5.32 Å². The minimum atomic E-state index is 0.921. The lowest BCUT2D eigenvalue weighted by Gasteiger charge is -2.08. The molecule has 40 valence electrons. The van der Waals surface area contributed by atoms with E-state index in [1.54, 1.807) is 0 Å². The molecule has 2 aliphatic rings. The van der Waals surface area contributed by atoms with Crippen LogP contribution in [0.25, 0.3) is 0 Å². The zero-order valence-electron chi connectivity index (χ0n) is 4.48. The second-order valence-corrected chi connectivity index (χ2v) is 2.78. The molecule has 1 saturated heterocycles. The molecule has 1 heterocycles. The van der Waals surface area contributed by atoms with Gasteiger partial charge in [0.25, 0.3) is 0 Å². The van der Waals surface area contributed by atoms with Gasteiger partial charge in [0.15, 0.2) is 0 Å². The topological polar surface area (TPSA) is 12.0 Å². The van der Waals surface area contributed by atoms with Gasteiger partial charge in [0, 0.05) is 6.04 Å². The summed E-state index contributed by atoms with van der Waals surface area (Å²) in [6.07, 6.45) is 4.42. The number of hydrogen-bond donors (Lipinski definition) is 1. The normalized spacial score (nSPS) is 48.0. The third kappa shape index (κ3) is 0.480. The fourth-order valence-corrected chi connectivity index (χ4v) is 1.78. The van der Waals surface area contributed by atoms with Crippen molar-refractivity contribution in [3.63, 3.8) is 0 Å². The Morgan fingerprint density at radius 3 is 2.43 bits per heavy atom. The summed E-state index contributed by atoms with van der Waals surface area (Å²) in [5, 5.41) is 3.46. The first-order valence-corrected chi connectivity index (χ1v) is 3.18. The maximum absolute atomic E-state index is 3.46. The molecule has 0 aromatic heterocycles. The molecule has 7 heavy (non-hydrogen) atoms. The highest BCUT2D eigenvalue weighted by molar-refractivity contribution is 4.88. The summed E-state index contributed by atoms with van der Waals surface area (Å²) in [5.74, 6) is 1.06. The summed E-state index contributed by atoms with van der Waals surface area (Å²) in [5.41, 5.74) is 0. The van der Waals surface area contributed by atoms with Gasteiger partial charge in [-0.2, -0.15) is 0 Å². The molecule has 1 N–H and O–H groups in total. The first-order valence-electron chi connectivity index (χ1n) is 3.18. The second kappa shape index (κ2) is 1.22. The van der Waals surface area contributed by atoms with Crippen molar-refractivity contribution < 1.29 is 0 Å². The van der Waals surface area contributed by atoms with Crippen LogP contribution >= 0.6 is 0 Å². The number of nitrogens with one attached hydrogen (secondary N) is 1. The zero-order chi connectivity index (χ0) is 4.69. The van der Waals surface area contributed by atoms with Crippen LogP contribution in [0.15, 0.2) is 0 Å². The van der Waals surface area contributed by atoms with Crippen molar-refractivity contribution in [2.75, 3.05) is 6.54 Å². The number of piperidine rings is 1. The Morgan fingerprint density at radius 2 is 2.29 bits per heavy atom. The van der Waals surface area contributed by atoms with Gasteiger partial charge in [-0.05, 0) is 31.7 Å². The van der Waals surface area contributed by atoms with Crippen molar-refractivity contribution in [3.05, 3.63) is 0 Å². The molecule has 2 bridgehead atoms. The minimum Gasteiger partial charge on any atom is -0.314 e. The first kappa shape index (κ1) is 3.90. The average Bonchev–Trinajstić information content (AvgIpc) is 2.22. The van der Waals surface area contributed by atoms with Gasteiger partial charge in [0.2, 0.25) is 0 Å². The highest BCUT2D eigenvalue weighted by atomic mass is 15.0. The lowest BCUT2D eigenvalue weighted by Crippen LogP contribution is -2.23.